The van der Waals surface area contributed by atoms with Crippen molar-refractivity contribution in [3.63, 3.8) is 0 Å². The summed E-state index contributed by atoms with van der Waals surface area (Å²) >= 11 is 0. The number of urea groups is 1. The van der Waals surface area contributed by atoms with Crippen molar-refractivity contribution in [3.05, 3.63) is 24.2 Å². The van der Waals surface area contributed by atoms with Crippen LogP contribution in [0.3, 0.4) is 0 Å². The Bertz CT molecular complexity index is 374. The van der Waals surface area contributed by atoms with Crippen LogP contribution in [0.4, 0.5) is 4.79 Å². The zero-order valence-corrected chi connectivity index (χ0v) is 9.96. The van der Waals surface area contributed by atoms with Crippen LogP contribution < -0.4 is 10.6 Å². The van der Waals surface area contributed by atoms with Gasteiger partial charge in [0.2, 0.25) is 0 Å². The zero-order valence-electron chi connectivity index (χ0n) is 9.14. The van der Waals surface area contributed by atoms with Crippen LogP contribution in [0.25, 0.3) is 0 Å². The molecule has 7 heteroatoms. The fourth-order valence-corrected chi connectivity index (χ4v) is 1.51. The van der Waals surface area contributed by atoms with Crippen molar-refractivity contribution < 1.29 is 14.0 Å². The molecule has 0 radical (unpaired) electrons. The van der Waals surface area contributed by atoms with Crippen molar-refractivity contribution >= 4 is 24.3 Å². The maximum atomic E-state index is 11.6. The molecule has 0 spiro atoms. The summed E-state index contributed by atoms with van der Waals surface area (Å²) in [5.74, 6) is -0.364. The molecule has 2 N–H and O–H groups in total. The van der Waals surface area contributed by atoms with E-state index >= 15 is 0 Å². The average molecular weight is 260 g/mol. The van der Waals surface area contributed by atoms with Crippen molar-refractivity contribution in [1.29, 1.82) is 0 Å². The number of nitrogens with one attached hydrogen (secondary N) is 2. The molecule has 0 bridgehead atoms. The molecule has 1 aliphatic heterocycles. The van der Waals surface area contributed by atoms with E-state index in [1.807, 2.05) is 0 Å². The number of amides is 3. The zero-order chi connectivity index (χ0) is 11.4. The van der Waals surface area contributed by atoms with Crippen molar-refractivity contribution in [2.75, 3.05) is 26.2 Å². The van der Waals surface area contributed by atoms with Crippen LogP contribution in [0.5, 0.6) is 0 Å². The highest BCUT2D eigenvalue weighted by Crippen LogP contribution is 2.00. The minimum atomic E-state index is -0.506. The third kappa shape index (κ3) is 3.47. The van der Waals surface area contributed by atoms with E-state index in [0.29, 0.717) is 13.1 Å². The molecule has 0 atom stereocenters. The third-order valence-electron chi connectivity index (χ3n) is 2.37. The van der Waals surface area contributed by atoms with E-state index in [1.165, 1.54) is 12.3 Å². The summed E-state index contributed by atoms with van der Waals surface area (Å²) < 4.78 is 4.89. The number of carbonyl (C=O) groups excluding carboxylic acids is 2. The first-order chi connectivity index (χ1) is 7.77. The molecule has 94 valence electrons. The lowest BCUT2D eigenvalue weighted by molar-refractivity contribution is 0.0922. The highest BCUT2D eigenvalue weighted by molar-refractivity contribution is 6.02. The number of halogens is 1. The van der Waals surface area contributed by atoms with Gasteiger partial charge in [-0.25, -0.2) is 4.79 Å². The molecule has 0 saturated carbocycles. The van der Waals surface area contributed by atoms with Gasteiger partial charge in [-0.1, -0.05) is 0 Å². The van der Waals surface area contributed by atoms with E-state index in [-0.39, 0.29) is 24.2 Å². The van der Waals surface area contributed by atoms with Gasteiger partial charge in [0.15, 0.2) is 5.76 Å². The van der Waals surface area contributed by atoms with Gasteiger partial charge in [0.1, 0.15) is 0 Å². The monoisotopic (exact) mass is 259 g/mol. The fourth-order valence-electron chi connectivity index (χ4n) is 1.51. The molecule has 1 aromatic heterocycles. The summed E-state index contributed by atoms with van der Waals surface area (Å²) in [6.07, 6.45) is 1.39. The van der Waals surface area contributed by atoms with E-state index in [1.54, 1.807) is 11.0 Å². The Morgan fingerprint density at radius 1 is 1.35 bits per heavy atom. The minimum Gasteiger partial charge on any atom is -0.459 e. The van der Waals surface area contributed by atoms with Gasteiger partial charge in [-0.15, -0.1) is 12.4 Å². The molecule has 0 aliphatic carbocycles. The van der Waals surface area contributed by atoms with Crippen LogP contribution in [-0.4, -0.2) is 43.0 Å². The lowest BCUT2D eigenvalue weighted by Crippen LogP contribution is -2.51. The van der Waals surface area contributed by atoms with E-state index in [9.17, 15) is 9.59 Å². The maximum Gasteiger partial charge on any atom is 0.324 e. The summed E-state index contributed by atoms with van der Waals surface area (Å²) in [4.78, 5) is 24.7. The average Bonchev–Trinajstić information content (AvgIpc) is 2.83. The van der Waals surface area contributed by atoms with Gasteiger partial charge in [-0.3, -0.25) is 10.1 Å². The Morgan fingerprint density at radius 2 is 2.06 bits per heavy atom. The topological polar surface area (TPSA) is 74.6 Å². The van der Waals surface area contributed by atoms with Crippen LogP contribution in [0, 0.1) is 0 Å². The number of rotatable bonds is 1. The van der Waals surface area contributed by atoms with Crippen LogP contribution in [0.15, 0.2) is 22.8 Å². The second-order valence-electron chi connectivity index (χ2n) is 3.47. The Balaban J connectivity index is 0.00000144. The summed E-state index contributed by atoms with van der Waals surface area (Å²) in [5, 5.41) is 5.40. The molecular formula is C10H14ClN3O3. The van der Waals surface area contributed by atoms with Gasteiger partial charge in [0, 0.05) is 26.2 Å². The molecule has 1 fully saturated rings. The van der Waals surface area contributed by atoms with Gasteiger partial charge in [-0.2, -0.15) is 0 Å². The first-order valence-electron chi connectivity index (χ1n) is 5.12. The summed E-state index contributed by atoms with van der Waals surface area (Å²) in [6.45, 7) is 2.72. The number of hydrogen-bond acceptors (Lipinski definition) is 4. The van der Waals surface area contributed by atoms with Crippen LogP contribution in [0.2, 0.25) is 0 Å². The molecular weight excluding hydrogens is 246 g/mol. The third-order valence-corrected chi connectivity index (χ3v) is 2.37. The van der Waals surface area contributed by atoms with Crippen LogP contribution in [-0.2, 0) is 0 Å². The van der Waals surface area contributed by atoms with Crippen LogP contribution in [0.1, 0.15) is 10.6 Å². The van der Waals surface area contributed by atoms with Crippen LogP contribution >= 0.6 is 12.4 Å². The van der Waals surface area contributed by atoms with Crippen molar-refractivity contribution in [2.45, 2.75) is 0 Å². The highest BCUT2D eigenvalue weighted by atomic mass is 35.5. The van der Waals surface area contributed by atoms with Gasteiger partial charge < -0.3 is 14.6 Å². The molecule has 6 nitrogen and oxygen atoms in total. The fraction of sp³-hybridized carbons (Fsp3) is 0.400. The molecule has 1 aliphatic rings. The first kappa shape index (κ1) is 13.5. The second kappa shape index (κ2) is 6.27. The standard InChI is InChI=1S/C10H13N3O3.ClH/c14-9(8-2-1-7-16-8)12-10(15)13-5-3-11-4-6-13;/h1-2,7,11H,3-6H2,(H,12,14,15);1H. The number of carbonyl (C=O) groups is 2. The molecule has 0 unspecified atom stereocenters. The smallest absolute Gasteiger partial charge is 0.324 e. The molecule has 2 heterocycles. The van der Waals surface area contributed by atoms with Gasteiger partial charge >= 0.3 is 6.03 Å². The largest absolute Gasteiger partial charge is 0.459 e. The van der Waals surface area contributed by atoms with Gasteiger partial charge in [0.25, 0.3) is 5.91 Å². The SMILES string of the molecule is Cl.O=C(NC(=O)N1CCNCC1)c1ccco1. The number of furan rings is 1. The predicted octanol–water partition coefficient (Wildman–Crippen LogP) is 0.456. The van der Waals surface area contributed by atoms with E-state index in [4.69, 9.17) is 4.42 Å². The number of hydrogen-bond donors (Lipinski definition) is 2. The minimum absolute atomic E-state index is 0. The van der Waals surface area contributed by atoms with Gasteiger partial charge in [0.05, 0.1) is 6.26 Å². The lowest BCUT2D eigenvalue weighted by atomic mass is 10.4. The Morgan fingerprint density at radius 3 is 2.65 bits per heavy atom. The number of piperazine rings is 1. The number of imide groups is 1. The number of nitrogens with zero attached hydrogens (tertiary/aromatic N) is 1. The summed E-state index contributed by atoms with van der Waals surface area (Å²) in [6, 6.07) is 2.74. The predicted molar refractivity (Wildman–Crippen MR) is 63.3 cm³/mol. The normalized spacial score (nSPS) is 14.9. The molecule has 3 amide bonds. The Labute approximate surface area is 105 Å². The first-order valence-corrected chi connectivity index (χ1v) is 5.12. The molecule has 17 heavy (non-hydrogen) atoms. The van der Waals surface area contributed by atoms with E-state index in [0.717, 1.165) is 13.1 Å². The Kier molecular flexibility index (Phi) is 4.99. The lowest BCUT2D eigenvalue weighted by Gasteiger charge is -2.26. The second-order valence-corrected chi connectivity index (χ2v) is 3.47. The summed E-state index contributed by atoms with van der Waals surface area (Å²) in [7, 11) is 0. The van der Waals surface area contributed by atoms with E-state index in [2.05, 4.69) is 10.6 Å². The van der Waals surface area contributed by atoms with E-state index < -0.39 is 5.91 Å². The molecule has 1 saturated heterocycles. The van der Waals surface area contributed by atoms with Gasteiger partial charge in [-0.05, 0) is 12.1 Å². The molecule has 1 aromatic rings. The maximum absolute atomic E-state index is 11.6. The quantitative estimate of drug-likeness (QED) is 0.768. The Hall–Kier alpha value is -1.53. The summed E-state index contributed by atoms with van der Waals surface area (Å²) in [5.41, 5.74) is 0. The molecule has 2 rings (SSSR count). The van der Waals surface area contributed by atoms with Crippen molar-refractivity contribution in [3.8, 4) is 0 Å². The van der Waals surface area contributed by atoms with Crippen molar-refractivity contribution in [1.82, 2.24) is 15.5 Å². The van der Waals surface area contributed by atoms with Crippen molar-refractivity contribution in [2.24, 2.45) is 0 Å². The molecule has 0 aromatic carbocycles. The highest BCUT2D eigenvalue weighted by Gasteiger charge is 2.19.